The van der Waals surface area contributed by atoms with Crippen molar-refractivity contribution < 1.29 is 13.2 Å². The molecule has 3 rings (SSSR count). The molecule has 6 heteroatoms. The Labute approximate surface area is 138 Å². The zero-order valence-corrected chi connectivity index (χ0v) is 14.4. The third-order valence-electron chi connectivity index (χ3n) is 3.63. The molecule has 1 atom stereocenters. The number of hydrogen-bond donors (Lipinski definition) is 1. The van der Waals surface area contributed by atoms with Gasteiger partial charge < -0.3 is 4.74 Å². The van der Waals surface area contributed by atoms with E-state index in [1.807, 2.05) is 24.3 Å². The number of hydrogen-bond acceptors (Lipinski definition) is 3. The number of fused-ring (bicyclic) bond motifs is 1. The van der Waals surface area contributed by atoms with E-state index in [1.165, 1.54) is 0 Å². The van der Waals surface area contributed by atoms with E-state index in [1.54, 1.807) is 25.1 Å². The summed E-state index contributed by atoms with van der Waals surface area (Å²) in [6, 6.07) is 12.5. The molecule has 0 saturated carbocycles. The fourth-order valence-electron chi connectivity index (χ4n) is 2.58. The highest BCUT2D eigenvalue weighted by Gasteiger charge is 2.26. The van der Waals surface area contributed by atoms with E-state index in [0.29, 0.717) is 17.9 Å². The molecule has 1 heterocycles. The van der Waals surface area contributed by atoms with Crippen LogP contribution in [0.1, 0.15) is 11.1 Å². The van der Waals surface area contributed by atoms with Crippen LogP contribution in [-0.4, -0.2) is 21.1 Å². The minimum Gasteiger partial charge on any atom is -0.492 e. The van der Waals surface area contributed by atoms with E-state index in [4.69, 9.17) is 4.74 Å². The fraction of sp³-hybridized carbons (Fsp3) is 0.250. The molecular weight excluding hydrogens is 366 g/mol. The summed E-state index contributed by atoms with van der Waals surface area (Å²) in [5.74, 6) is 0.814. The van der Waals surface area contributed by atoms with Crippen molar-refractivity contribution in [2.75, 3.05) is 6.61 Å². The molecule has 0 bridgehead atoms. The Morgan fingerprint density at radius 2 is 2.00 bits per heavy atom. The third-order valence-corrected chi connectivity index (χ3v) is 5.81. The second-order valence-electron chi connectivity index (χ2n) is 5.35. The van der Waals surface area contributed by atoms with Gasteiger partial charge >= 0.3 is 0 Å². The monoisotopic (exact) mass is 381 g/mol. The van der Waals surface area contributed by atoms with Gasteiger partial charge in [-0.25, -0.2) is 13.1 Å². The SMILES string of the molecule is Cc1ccccc1S(=O)(=O)N[C@H]1COc2ccc(Br)cc2C1. The summed E-state index contributed by atoms with van der Waals surface area (Å²) in [6.07, 6.45) is 0.611. The largest absolute Gasteiger partial charge is 0.492 e. The first-order chi connectivity index (χ1) is 10.5. The molecule has 0 radical (unpaired) electrons. The van der Waals surface area contributed by atoms with Gasteiger partial charge in [0.25, 0.3) is 0 Å². The van der Waals surface area contributed by atoms with Gasteiger partial charge in [-0.15, -0.1) is 0 Å². The highest BCUT2D eigenvalue weighted by Crippen LogP contribution is 2.28. The van der Waals surface area contributed by atoms with Gasteiger partial charge in [0.15, 0.2) is 0 Å². The van der Waals surface area contributed by atoms with Gasteiger partial charge in [-0.3, -0.25) is 0 Å². The van der Waals surface area contributed by atoms with Crippen molar-refractivity contribution >= 4 is 26.0 Å². The molecule has 0 aliphatic carbocycles. The molecule has 1 aliphatic heterocycles. The molecule has 22 heavy (non-hydrogen) atoms. The molecule has 0 aromatic heterocycles. The second kappa shape index (κ2) is 6.02. The van der Waals surface area contributed by atoms with Crippen LogP contribution >= 0.6 is 15.9 Å². The van der Waals surface area contributed by atoms with Gasteiger partial charge in [0, 0.05) is 4.47 Å². The van der Waals surface area contributed by atoms with Gasteiger partial charge in [0.05, 0.1) is 10.9 Å². The lowest BCUT2D eigenvalue weighted by Gasteiger charge is -2.26. The molecule has 0 amide bonds. The Morgan fingerprint density at radius 3 is 2.77 bits per heavy atom. The van der Waals surface area contributed by atoms with Gasteiger partial charge in [-0.1, -0.05) is 34.1 Å². The van der Waals surface area contributed by atoms with Crippen molar-refractivity contribution in [3.8, 4) is 5.75 Å². The Kier molecular flexibility index (Phi) is 4.25. The number of rotatable bonds is 3. The van der Waals surface area contributed by atoms with Gasteiger partial charge in [-0.2, -0.15) is 0 Å². The summed E-state index contributed by atoms with van der Waals surface area (Å²) in [4.78, 5) is 0.315. The Bertz CT molecular complexity index is 805. The van der Waals surface area contributed by atoms with Crippen LogP contribution < -0.4 is 9.46 Å². The highest BCUT2D eigenvalue weighted by atomic mass is 79.9. The maximum atomic E-state index is 12.5. The summed E-state index contributed by atoms with van der Waals surface area (Å²) >= 11 is 3.42. The molecule has 116 valence electrons. The van der Waals surface area contributed by atoms with Crippen LogP contribution in [-0.2, 0) is 16.4 Å². The molecule has 1 aliphatic rings. The Hall–Kier alpha value is -1.37. The average Bonchev–Trinajstić information content (AvgIpc) is 2.46. The van der Waals surface area contributed by atoms with Gasteiger partial charge in [0.2, 0.25) is 10.0 Å². The van der Waals surface area contributed by atoms with Crippen molar-refractivity contribution in [2.24, 2.45) is 0 Å². The number of benzene rings is 2. The molecule has 4 nitrogen and oxygen atoms in total. The Balaban J connectivity index is 1.81. The normalized spacial score (nSPS) is 17.6. The van der Waals surface area contributed by atoms with Crippen LogP contribution in [0.25, 0.3) is 0 Å². The lowest BCUT2D eigenvalue weighted by Crippen LogP contribution is -2.42. The van der Waals surface area contributed by atoms with Crippen LogP contribution in [0.15, 0.2) is 51.8 Å². The lowest BCUT2D eigenvalue weighted by molar-refractivity contribution is 0.254. The van der Waals surface area contributed by atoms with Crippen molar-refractivity contribution in [3.05, 3.63) is 58.1 Å². The first-order valence-electron chi connectivity index (χ1n) is 6.95. The van der Waals surface area contributed by atoms with Gasteiger partial charge in [-0.05, 0) is 48.7 Å². The van der Waals surface area contributed by atoms with Crippen molar-refractivity contribution in [1.82, 2.24) is 4.72 Å². The van der Waals surface area contributed by atoms with E-state index >= 15 is 0 Å². The van der Waals surface area contributed by atoms with Crippen LogP contribution in [0.4, 0.5) is 0 Å². The quantitative estimate of drug-likeness (QED) is 0.888. The minimum absolute atomic E-state index is 0.272. The molecule has 0 saturated heterocycles. The maximum Gasteiger partial charge on any atom is 0.241 e. The predicted molar refractivity (Wildman–Crippen MR) is 88.6 cm³/mol. The number of halogens is 1. The van der Waals surface area contributed by atoms with E-state index in [2.05, 4.69) is 20.7 Å². The number of sulfonamides is 1. The summed E-state index contributed by atoms with van der Waals surface area (Å²) < 4.78 is 34.4. The molecule has 0 spiro atoms. The molecule has 0 fully saturated rings. The molecule has 2 aromatic rings. The smallest absolute Gasteiger partial charge is 0.241 e. The number of aryl methyl sites for hydroxylation is 1. The van der Waals surface area contributed by atoms with Crippen molar-refractivity contribution in [3.63, 3.8) is 0 Å². The molecule has 1 N–H and O–H groups in total. The van der Waals surface area contributed by atoms with Gasteiger partial charge in [0.1, 0.15) is 12.4 Å². The summed E-state index contributed by atoms with van der Waals surface area (Å²) in [7, 11) is -3.54. The number of nitrogens with one attached hydrogen (secondary N) is 1. The van der Waals surface area contributed by atoms with Crippen molar-refractivity contribution in [2.45, 2.75) is 24.3 Å². The standard InChI is InChI=1S/C16H16BrNO3S/c1-11-4-2-3-5-16(11)22(19,20)18-14-9-12-8-13(17)6-7-15(12)21-10-14/h2-8,14,18H,9-10H2,1H3/t14-/m1/s1. The fourth-order valence-corrected chi connectivity index (χ4v) is 4.45. The Morgan fingerprint density at radius 1 is 1.23 bits per heavy atom. The van der Waals surface area contributed by atoms with E-state index in [-0.39, 0.29) is 6.04 Å². The zero-order valence-electron chi connectivity index (χ0n) is 12.0. The molecular formula is C16H16BrNO3S. The third kappa shape index (κ3) is 3.19. The molecule has 2 aromatic carbocycles. The lowest BCUT2D eigenvalue weighted by atomic mass is 10.0. The first kappa shape index (κ1) is 15.5. The van der Waals surface area contributed by atoms with E-state index < -0.39 is 10.0 Å². The summed E-state index contributed by atoms with van der Waals surface area (Å²) in [5, 5.41) is 0. The van der Waals surface area contributed by atoms with E-state index in [9.17, 15) is 8.42 Å². The zero-order chi connectivity index (χ0) is 15.7. The predicted octanol–water partition coefficient (Wildman–Crippen LogP) is 3.04. The van der Waals surface area contributed by atoms with Crippen LogP contribution in [0.3, 0.4) is 0 Å². The van der Waals surface area contributed by atoms with E-state index in [0.717, 1.165) is 21.3 Å². The summed E-state index contributed by atoms with van der Waals surface area (Å²) in [5.41, 5.74) is 1.73. The first-order valence-corrected chi connectivity index (χ1v) is 9.22. The highest BCUT2D eigenvalue weighted by molar-refractivity contribution is 9.10. The average molecular weight is 382 g/mol. The van der Waals surface area contributed by atoms with Crippen LogP contribution in [0.2, 0.25) is 0 Å². The van der Waals surface area contributed by atoms with Crippen LogP contribution in [0.5, 0.6) is 5.75 Å². The van der Waals surface area contributed by atoms with Crippen molar-refractivity contribution in [1.29, 1.82) is 0 Å². The minimum atomic E-state index is -3.54. The molecule has 0 unspecified atom stereocenters. The maximum absolute atomic E-state index is 12.5. The number of ether oxygens (including phenoxy) is 1. The second-order valence-corrected chi connectivity index (χ2v) is 7.95. The topological polar surface area (TPSA) is 55.4 Å². The van der Waals surface area contributed by atoms with Crippen LogP contribution in [0, 0.1) is 6.92 Å². The summed E-state index contributed by atoms with van der Waals surface area (Å²) in [6.45, 7) is 2.12.